The summed E-state index contributed by atoms with van der Waals surface area (Å²) in [5, 5.41) is 8.85. The number of carbonyl (C=O) groups is 3. The summed E-state index contributed by atoms with van der Waals surface area (Å²) in [5.74, 6) is -1.60. The summed E-state index contributed by atoms with van der Waals surface area (Å²) < 4.78 is 0. The number of benzene rings is 3. The van der Waals surface area contributed by atoms with Gasteiger partial charge in [-0.3, -0.25) is 9.59 Å². The summed E-state index contributed by atoms with van der Waals surface area (Å²) in [6, 6.07) is 25.9. The Morgan fingerprint density at radius 3 is 2.23 bits per heavy atom. The maximum atomic E-state index is 14.6. The van der Waals surface area contributed by atoms with Crippen LogP contribution >= 0.6 is 22.9 Å². The summed E-state index contributed by atoms with van der Waals surface area (Å²) in [5.41, 5.74) is 3.02. The monoisotopic (exact) mass is 612 g/mol. The van der Waals surface area contributed by atoms with Crippen molar-refractivity contribution >= 4 is 46.3 Å². The van der Waals surface area contributed by atoms with E-state index in [0.717, 1.165) is 16.0 Å². The normalized spacial score (nSPS) is 21.9. The third kappa shape index (κ3) is 5.95. The molecule has 0 spiro atoms. The van der Waals surface area contributed by atoms with Gasteiger partial charge in [0.25, 0.3) is 0 Å². The third-order valence-corrected chi connectivity index (χ3v) is 9.53. The van der Waals surface area contributed by atoms with Crippen LogP contribution in [-0.2, 0) is 4.79 Å². The highest BCUT2D eigenvalue weighted by atomic mass is 35.5. The van der Waals surface area contributed by atoms with E-state index >= 15 is 0 Å². The van der Waals surface area contributed by atoms with E-state index in [4.69, 9.17) is 11.6 Å². The molecule has 4 aromatic rings. The van der Waals surface area contributed by atoms with Gasteiger partial charge >= 0.3 is 6.03 Å². The lowest BCUT2D eigenvalue weighted by Gasteiger charge is -2.36. The van der Waals surface area contributed by atoms with E-state index in [0.29, 0.717) is 42.5 Å². The van der Waals surface area contributed by atoms with E-state index in [9.17, 15) is 14.4 Å². The predicted molar refractivity (Wildman–Crippen MR) is 171 cm³/mol. The number of nitrogens with one attached hydrogen (secondary N) is 2. The van der Waals surface area contributed by atoms with Gasteiger partial charge in [-0.05, 0) is 48.2 Å². The number of hydrogen-bond acceptors (Lipinski definition) is 5. The molecule has 0 saturated carbocycles. The molecule has 2 saturated heterocycles. The Hall–Kier alpha value is -3.98. The summed E-state index contributed by atoms with van der Waals surface area (Å²) >= 11 is 7.79. The first-order valence-electron chi connectivity index (χ1n) is 14.5. The minimum Gasteiger partial charge on any atom is -0.338 e. The number of ketones is 1. The maximum Gasteiger partial charge on any atom is 0.323 e. The van der Waals surface area contributed by atoms with E-state index in [-0.39, 0.29) is 11.7 Å². The number of thiophene rings is 1. The number of urea groups is 1. The number of nitrogens with zero attached hydrogens (tertiary/aromatic N) is 2. The highest BCUT2D eigenvalue weighted by Crippen LogP contribution is 2.52. The van der Waals surface area contributed by atoms with E-state index < -0.39 is 30.0 Å². The zero-order valence-corrected chi connectivity index (χ0v) is 25.4. The summed E-state index contributed by atoms with van der Waals surface area (Å²) in [6.45, 7) is 4.37. The smallest absolute Gasteiger partial charge is 0.323 e. The van der Waals surface area contributed by atoms with Crippen molar-refractivity contribution in [2.75, 3.05) is 31.5 Å². The molecule has 3 amide bonds. The number of carbonyl (C=O) groups excluding carboxylic acids is 3. The molecule has 2 fully saturated rings. The van der Waals surface area contributed by atoms with Crippen molar-refractivity contribution in [2.45, 2.75) is 24.9 Å². The first-order valence-corrected chi connectivity index (χ1v) is 15.7. The fourth-order valence-electron chi connectivity index (χ4n) is 6.28. The van der Waals surface area contributed by atoms with Crippen LogP contribution in [0.1, 0.15) is 38.3 Å². The highest BCUT2D eigenvalue weighted by Gasteiger charge is 2.58. The molecule has 0 aliphatic carbocycles. The minimum atomic E-state index is -0.922. The summed E-state index contributed by atoms with van der Waals surface area (Å²) in [6.07, 6.45) is 0. The quantitative estimate of drug-likeness (QED) is 0.248. The first kappa shape index (κ1) is 29.1. The molecule has 3 aromatic carbocycles. The van der Waals surface area contributed by atoms with Crippen LogP contribution < -0.4 is 10.6 Å². The molecular weight excluding hydrogens is 580 g/mol. The zero-order valence-electron chi connectivity index (χ0n) is 23.8. The van der Waals surface area contributed by atoms with Gasteiger partial charge in [-0.25, -0.2) is 4.79 Å². The Morgan fingerprint density at radius 2 is 1.58 bits per heavy atom. The number of piperazine rings is 1. The zero-order chi connectivity index (χ0) is 29.9. The van der Waals surface area contributed by atoms with Gasteiger partial charge in [-0.1, -0.05) is 77.8 Å². The third-order valence-electron chi connectivity index (χ3n) is 8.34. The average molecular weight is 613 g/mol. The molecule has 1 aromatic heterocycles. The lowest BCUT2D eigenvalue weighted by Crippen LogP contribution is -2.55. The van der Waals surface area contributed by atoms with Crippen LogP contribution in [0.3, 0.4) is 0 Å². The fourth-order valence-corrected chi connectivity index (χ4v) is 7.28. The highest BCUT2D eigenvalue weighted by molar-refractivity contribution is 7.10. The minimum absolute atomic E-state index is 0.109. The SMILES string of the molecule is Cc1ccc(NC(=O)N2C(C(=O)N3CCNCC3)C(c3ccc(Cl)cc3)C(C(=O)c3ccccc3)C2c2cccs2)cc1. The van der Waals surface area contributed by atoms with Crippen molar-refractivity contribution in [3.8, 4) is 0 Å². The van der Waals surface area contributed by atoms with E-state index in [1.54, 1.807) is 29.2 Å². The van der Waals surface area contributed by atoms with E-state index in [2.05, 4.69) is 10.6 Å². The van der Waals surface area contributed by atoms with Gasteiger partial charge < -0.3 is 20.4 Å². The Morgan fingerprint density at radius 1 is 0.884 bits per heavy atom. The molecule has 0 bridgehead atoms. The van der Waals surface area contributed by atoms with Crippen LogP contribution in [0.25, 0.3) is 0 Å². The topological polar surface area (TPSA) is 81.8 Å². The van der Waals surface area contributed by atoms with Crippen LogP contribution in [-0.4, -0.2) is 59.7 Å². The van der Waals surface area contributed by atoms with Crippen LogP contribution in [0.2, 0.25) is 5.02 Å². The van der Waals surface area contributed by atoms with Gasteiger partial charge in [0.2, 0.25) is 5.91 Å². The Labute approximate surface area is 260 Å². The lowest BCUT2D eigenvalue weighted by molar-refractivity contribution is -0.136. The lowest BCUT2D eigenvalue weighted by atomic mass is 9.77. The molecule has 220 valence electrons. The Kier molecular flexibility index (Phi) is 8.61. The van der Waals surface area contributed by atoms with Crippen molar-refractivity contribution in [2.24, 2.45) is 5.92 Å². The molecule has 2 N–H and O–H groups in total. The average Bonchev–Trinajstić information content (AvgIpc) is 3.69. The van der Waals surface area contributed by atoms with Gasteiger partial charge in [0.15, 0.2) is 5.78 Å². The second kappa shape index (κ2) is 12.7. The van der Waals surface area contributed by atoms with Gasteiger partial charge in [0, 0.05) is 53.2 Å². The first-order chi connectivity index (χ1) is 20.9. The second-order valence-corrected chi connectivity index (χ2v) is 12.4. The number of rotatable bonds is 6. The summed E-state index contributed by atoms with van der Waals surface area (Å²) in [7, 11) is 0. The number of hydrogen-bond donors (Lipinski definition) is 2. The van der Waals surface area contributed by atoms with Crippen LogP contribution in [0, 0.1) is 12.8 Å². The molecule has 2 aliphatic rings. The van der Waals surface area contributed by atoms with Crippen LogP contribution in [0.15, 0.2) is 96.4 Å². The van der Waals surface area contributed by atoms with Crippen molar-refractivity contribution in [3.63, 3.8) is 0 Å². The van der Waals surface area contributed by atoms with E-state index in [1.165, 1.54) is 11.3 Å². The number of amides is 3. The van der Waals surface area contributed by atoms with E-state index in [1.807, 2.05) is 83.9 Å². The van der Waals surface area contributed by atoms with Crippen molar-refractivity contribution in [1.82, 2.24) is 15.1 Å². The molecule has 9 heteroatoms. The predicted octanol–water partition coefficient (Wildman–Crippen LogP) is 6.38. The number of halogens is 1. The standard InChI is InChI=1S/C34H33ClN4O3S/c1-22-9-15-26(16-10-22)37-34(42)39-30(27-8-5-21-43-27)29(32(40)24-6-3-2-4-7-24)28(23-11-13-25(35)14-12-23)31(39)33(41)38-19-17-36-18-20-38/h2-16,21,28-31,36H,17-20H2,1H3,(H,37,42). The number of aryl methyl sites for hydroxylation is 1. The Balaban J connectivity index is 1.54. The van der Waals surface area contributed by atoms with Crippen molar-refractivity contribution in [3.05, 3.63) is 123 Å². The number of anilines is 1. The number of likely N-dealkylation sites (tertiary alicyclic amines) is 1. The number of Topliss-reactive ketones (excluding diaryl/α,β-unsaturated/α-hetero) is 1. The molecule has 7 nitrogen and oxygen atoms in total. The van der Waals surface area contributed by atoms with Crippen LogP contribution in [0.5, 0.6) is 0 Å². The molecule has 4 atom stereocenters. The molecule has 2 aliphatic heterocycles. The fraction of sp³-hybridized carbons (Fsp3) is 0.265. The molecule has 4 unspecified atom stereocenters. The molecule has 43 heavy (non-hydrogen) atoms. The van der Waals surface area contributed by atoms with Gasteiger partial charge in [-0.15, -0.1) is 11.3 Å². The molecule has 3 heterocycles. The molecule has 0 radical (unpaired) electrons. The maximum absolute atomic E-state index is 14.6. The summed E-state index contributed by atoms with van der Waals surface area (Å²) in [4.78, 5) is 48.0. The van der Waals surface area contributed by atoms with Crippen molar-refractivity contribution in [1.29, 1.82) is 0 Å². The molecule has 6 rings (SSSR count). The van der Waals surface area contributed by atoms with Gasteiger partial charge in [-0.2, -0.15) is 0 Å². The van der Waals surface area contributed by atoms with Gasteiger partial charge in [0.05, 0.1) is 12.0 Å². The van der Waals surface area contributed by atoms with Gasteiger partial charge in [0.1, 0.15) is 6.04 Å². The van der Waals surface area contributed by atoms with Crippen molar-refractivity contribution < 1.29 is 14.4 Å². The molecular formula is C34H33ClN4O3S. The van der Waals surface area contributed by atoms with Crippen LogP contribution in [0.4, 0.5) is 10.5 Å². The largest absolute Gasteiger partial charge is 0.338 e. The Bertz CT molecular complexity index is 1570. The second-order valence-electron chi connectivity index (χ2n) is 11.0.